The summed E-state index contributed by atoms with van der Waals surface area (Å²) in [5.41, 5.74) is 12.4. The summed E-state index contributed by atoms with van der Waals surface area (Å²) in [7, 11) is 0. The summed E-state index contributed by atoms with van der Waals surface area (Å²) >= 11 is 0. The number of nitrogens with zero attached hydrogens (tertiary/aromatic N) is 1. The number of benzene rings is 1. The maximum atomic E-state index is 11.1. The molecular formula is C14H21IN4O. The lowest BCUT2D eigenvalue weighted by Crippen LogP contribution is -2.37. The Bertz CT molecular complexity index is 486. The monoisotopic (exact) mass is 388 g/mol. The van der Waals surface area contributed by atoms with Crippen molar-refractivity contribution in [1.82, 2.24) is 5.32 Å². The van der Waals surface area contributed by atoms with Crippen molar-refractivity contribution in [2.75, 3.05) is 6.54 Å². The Morgan fingerprint density at radius 1 is 1.35 bits per heavy atom. The molecule has 1 aromatic carbocycles. The average Bonchev–Trinajstić information content (AvgIpc) is 2.35. The van der Waals surface area contributed by atoms with Gasteiger partial charge in [-0.25, -0.2) is 4.99 Å². The van der Waals surface area contributed by atoms with Crippen molar-refractivity contribution in [3.63, 3.8) is 0 Å². The molecule has 0 spiro atoms. The second-order valence-electron chi connectivity index (χ2n) is 4.94. The van der Waals surface area contributed by atoms with Crippen molar-refractivity contribution < 1.29 is 4.79 Å². The third-order valence-electron chi connectivity index (χ3n) is 3.44. The first-order valence-electron chi connectivity index (χ1n) is 6.57. The van der Waals surface area contributed by atoms with Gasteiger partial charge in [-0.1, -0.05) is 18.6 Å². The molecule has 1 aliphatic rings. The van der Waals surface area contributed by atoms with Crippen LogP contribution in [-0.4, -0.2) is 18.4 Å². The molecule has 0 aliphatic heterocycles. The minimum absolute atomic E-state index is 0. The summed E-state index contributed by atoms with van der Waals surface area (Å²) in [5, 5.41) is 3.13. The van der Waals surface area contributed by atoms with E-state index in [4.69, 9.17) is 11.5 Å². The van der Waals surface area contributed by atoms with Crippen LogP contribution in [0.2, 0.25) is 0 Å². The summed E-state index contributed by atoms with van der Waals surface area (Å²) in [4.78, 5) is 15.3. The molecule has 0 atom stereocenters. The summed E-state index contributed by atoms with van der Waals surface area (Å²) < 4.78 is 0. The Kier molecular flexibility index (Phi) is 6.77. The molecule has 1 aromatic rings. The van der Waals surface area contributed by atoms with Crippen LogP contribution >= 0.6 is 24.0 Å². The molecule has 1 aliphatic carbocycles. The van der Waals surface area contributed by atoms with Gasteiger partial charge in [-0.05, 0) is 36.5 Å². The van der Waals surface area contributed by atoms with Crippen molar-refractivity contribution >= 4 is 35.8 Å². The number of nitrogens with one attached hydrogen (secondary N) is 1. The minimum Gasteiger partial charge on any atom is -0.370 e. The van der Waals surface area contributed by atoms with Crippen molar-refractivity contribution in [2.24, 2.45) is 22.4 Å². The molecule has 0 radical (unpaired) electrons. The zero-order valence-corrected chi connectivity index (χ0v) is 13.7. The molecule has 110 valence electrons. The molecular weight excluding hydrogens is 367 g/mol. The van der Waals surface area contributed by atoms with E-state index in [1.54, 1.807) is 18.2 Å². The summed E-state index contributed by atoms with van der Waals surface area (Å²) in [5.74, 6) is 0.769. The van der Waals surface area contributed by atoms with Crippen LogP contribution in [-0.2, 0) is 6.54 Å². The van der Waals surface area contributed by atoms with Gasteiger partial charge < -0.3 is 16.8 Å². The molecule has 0 heterocycles. The predicted molar refractivity (Wildman–Crippen MR) is 91.0 cm³/mol. The van der Waals surface area contributed by atoms with E-state index >= 15 is 0 Å². The number of hydrogen-bond acceptors (Lipinski definition) is 2. The van der Waals surface area contributed by atoms with Crippen LogP contribution in [0.3, 0.4) is 0 Å². The molecule has 6 heteroatoms. The molecule has 1 saturated carbocycles. The molecule has 1 amide bonds. The Morgan fingerprint density at radius 3 is 2.70 bits per heavy atom. The maximum absolute atomic E-state index is 11.1. The number of nitrogens with two attached hydrogens (primary N) is 2. The van der Waals surface area contributed by atoms with Gasteiger partial charge in [0.05, 0.1) is 6.54 Å². The van der Waals surface area contributed by atoms with E-state index in [2.05, 4.69) is 10.3 Å². The number of hydrogen-bond donors (Lipinski definition) is 3. The zero-order valence-electron chi connectivity index (χ0n) is 11.3. The fourth-order valence-corrected chi connectivity index (χ4v) is 2.00. The van der Waals surface area contributed by atoms with Gasteiger partial charge in [0.2, 0.25) is 5.91 Å². The lowest BCUT2D eigenvalue weighted by atomic mass is 9.85. The molecule has 0 bridgehead atoms. The number of halogens is 1. The number of amides is 1. The minimum atomic E-state index is -0.429. The van der Waals surface area contributed by atoms with E-state index < -0.39 is 5.91 Å². The van der Waals surface area contributed by atoms with Gasteiger partial charge in [0.15, 0.2) is 5.96 Å². The van der Waals surface area contributed by atoms with E-state index in [9.17, 15) is 4.79 Å². The van der Waals surface area contributed by atoms with Crippen LogP contribution in [0.25, 0.3) is 0 Å². The standard InChI is InChI=1S/C14H20N4O.HI/c15-13(19)12-6-2-5-11(7-12)9-18-14(16)17-8-10-3-1-4-10;/h2,5-7,10H,1,3-4,8-9H2,(H2,15,19)(H3,16,17,18);1H. The van der Waals surface area contributed by atoms with Crippen molar-refractivity contribution in [2.45, 2.75) is 25.8 Å². The Morgan fingerprint density at radius 2 is 2.10 bits per heavy atom. The van der Waals surface area contributed by atoms with E-state index in [0.29, 0.717) is 18.1 Å². The number of aliphatic imine (C=N–C) groups is 1. The smallest absolute Gasteiger partial charge is 0.248 e. The van der Waals surface area contributed by atoms with E-state index in [0.717, 1.165) is 18.0 Å². The number of primary amides is 1. The molecule has 0 unspecified atom stereocenters. The molecule has 0 saturated heterocycles. The Balaban J connectivity index is 0.00000200. The van der Waals surface area contributed by atoms with Gasteiger partial charge in [-0.3, -0.25) is 4.79 Å². The van der Waals surface area contributed by atoms with Crippen LogP contribution in [0, 0.1) is 5.92 Å². The quantitative estimate of drug-likeness (QED) is 0.407. The maximum Gasteiger partial charge on any atom is 0.248 e. The number of carbonyl (C=O) groups excluding carboxylic acids is 1. The number of carbonyl (C=O) groups is 1. The number of rotatable bonds is 5. The van der Waals surface area contributed by atoms with Gasteiger partial charge in [-0.2, -0.15) is 0 Å². The third-order valence-corrected chi connectivity index (χ3v) is 3.44. The third kappa shape index (κ3) is 4.99. The zero-order chi connectivity index (χ0) is 13.7. The van der Waals surface area contributed by atoms with Crippen LogP contribution in [0.5, 0.6) is 0 Å². The van der Waals surface area contributed by atoms with Crippen LogP contribution in [0.1, 0.15) is 35.2 Å². The van der Waals surface area contributed by atoms with Crippen LogP contribution in [0.15, 0.2) is 29.3 Å². The second-order valence-corrected chi connectivity index (χ2v) is 4.94. The SMILES string of the molecule is I.NC(=O)c1cccc(CN=C(N)NCC2CCC2)c1. The molecule has 0 aromatic heterocycles. The highest BCUT2D eigenvalue weighted by Crippen LogP contribution is 2.24. The second kappa shape index (κ2) is 8.08. The lowest BCUT2D eigenvalue weighted by molar-refractivity contribution is 0.1000. The fourth-order valence-electron chi connectivity index (χ4n) is 2.00. The first-order valence-corrected chi connectivity index (χ1v) is 6.57. The van der Waals surface area contributed by atoms with Crippen LogP contribution in [0.4, 0.5) is 0 Å². The van der Waals surface area contributed by atoms with Gasteiger partial charge in [-0.15, -0.1) is 24.0 Å². The Hall–Kier alpha value is -1.31. The average molecular weight is 388 g/mol. The first kappa shape index (κ1) is 16.7. The highest BCUT2D eigenvalue weighted by Gasteiger charge is 2.16. The largest absolute Gasteiger partial charge is 0.370 e. The van der Waals surface area contributed by atoms with Crippen molar-refractivity contribution in [3.05, 3.63) is 35.4 Å². The van der Waals surface area contributed by atoms with Gasteiger partial charge in [0.25, 0.3) is 0 Å². The first-order chi connectivity index (χ1) is 9.15. The highest BCUT2D eigenvalue weighted by atomic mass is 127. The van der Waals surface area contributed by atoms with Crippen molar-refractivity contribution in [3.8, 4) is 0 Å². The van der Waals surface area contributed by atoms with Gasteiger partial charge >= 0.3 is 0 Å². The van der Waals surface area contributed by atoms with Crippen LogP contribution < -0.4 is 16.8 Å². The van der Waals surface area contributed by atoms with Crippen molar-refractivity contribution in [1.29, 1.82) is 0 Å². The molecule has 1 fully saturated rings. The predicted octanol–water partition coefficient (Wildman–Crippen LogP) is 1.61. The highest BCUT2D eigenvalue weighted by molar-refractivity contribution is 14.0. The summed E-state index contributed by atoms with van der Waals surface area (Å²) in [6.07, 6.45) is 3.88. The lowest BCUT2D eigenvalue weighted by Gasteiger charge is -2.25. The van der Waals surface area contributed by atoms with Gasteiger partial charge in [0.1, 0.15) is 0 Å². The summed E-state index contributed by atoms with van der Waals surface area (Å²) in [6.45, 7) is 1.35. The molecule has 5 N–H and O–H groups in total. The summed E-state index contributed by atoms with van der Waals surface area (Å²) in [6, 6.07) is 7.12. The molecule has 20 heavy (non-hydrogen) atoms. The van der Waals surface area contributed by atoms with E-state index in [1.807, 2.05) is 6.07 Å². The van der Waals surface area contributed by atoms with E-state index in [-0.39, 0.29) is 24.0 Å². The molecule has 5 nitrogen and oxygen atoms in total. The number of guanidine groups is 1. The fraction of sp³-hybridized carbons (Fsp3) is 0.429. The normalized spacial score (nSPS) is 15.1. The topological polar surface area (TPSA) is 93.5 Å². The van der Waals surface area contributed by atoms with E-state index in [1.165, 1.54) is 19.3 Å². The Labute approximate surface area is 136 Å². The molecule has 2 rings (SSSR count). The van der Waals surface area contributed by atoms with Gasteiger partial charge in [0, 0.05) is 12.1 Å².